The summed E-state index contributed by atoms with van der Waals surface area (Å²) in [5, 5.41) is 11.0. The zero-order valence-corrected chi connectivity index (χ0v) is 17.3. The van der Waals surface area contributed by atoms with E-state index in [1.54, 1.807) is 30.3 Å². The molecule has 0 spiro atoms. The van der Waals surface area contributed by atoms with E-state index in [9.17, 15) is 19.1 Å². The first-order valence-corrected chi connectivity index (χ1v) is 9.76. The second-order valence-corrected chi connectivity index (χ2v) is 7.28. The van der Waals surface area contributed by atoms with Gasteiger partial charge >= 0.3 is 0 Å². The normalized spacial score (nSPS) is 18.3. The smallest absolute Gasteiger partial charge is 0.295 e. The molecule has 1 saturated heterocycles. The highest BCUT2D eigenvalue weighted by Gasteiger charge is 2.46. The number of benzene rings is 2. The molecule has 0 bridgehead atoms. The third-order valence-electron chi connectivity index (χ3n) is 4.95. The van der Waals surface area contributed by atoms with Gasteiger partial charge in [0, 0.05) is 24.2 Å². The van der Waals surface area contributed by atoms with Gasteiger partial charge in [0.2, 0.25) is 0 Å². The Morgan fingerprint density at radius 2 is 1.90 bits per heavy atom. The Kier molecular flexibility index (Phi) is 6.52. The van der Waals surface area contributed by atoms with Crippen LogP contribution in [0.1, 0.15) is 24.1 Å². The van der Waals surface area contributed by atoms with Crippen molar-refractivity contribution in [1.82, 2.24) is 9.80 Å². The fourth-order valence-electron chi connectivity index (χ4n) is 3.49. The molecule has 1 amide bonds. The molecule has 2 aromatic rings. The van der Waals surface area contributed by atoms with Gasteiger partial charge in [0.25, 0.3) is 11.7 Å². The van der Waals surface area contributed by atoms with Crippen molar-refractivity contribution in [2.45, 2.75) is 13.0 Å². The lowest BCUT2D eigenvalue weighted by molar-refractivity contribution is -0.140. The molecule has 1 aliphatic rings. The van der Waals surface area contributed by atoms with Crippen LogP contribution in [0.3, 0.4) is 0 Å². The predicted octanol–water partition coefficient (Wildman–Crippen LogP) is 3.21. The van der Waals surface area contributed by atoms with E-state index in [1.165, 1.54) is 23.1 Å². The highest BCUT2D eigenvalue weighted by atomic mass is 19.1. The lowest BCUT2D eigenvalue weighted by Gasteiger charge is -2.26. The number of carbonyl (C=O) groups is 2. The van der Waals surface area contributed by atoms with E-state index in [2.05, 4.69) is 0 Å². The Balaban J connectivity index is 2.15. The van der Waals surface area contributed by atoms with E-state index >= 15 is 0 Å². The minimum Gasteiger partial charge on any atom is -0.507 e. The quantitative estimate of drug-likeness (QED) is 0.430. The van der Waals surface area contributed by atoms with Crippen LogP contribution in [0.5, 0.6) is 5.75 Å². The van der Waals surface area contributed by atoms with Gasteiger partial charge in [0.05, 0.1) is 18.2 Å². The number of amides is 1. The molecular weight excluding hydrogens is 387 g/mol. The van der Waals surface area contributed by atoms with Crippen molar-refractivity contribution in [2.75, 3.05) is 33.8 Å². The van der Waals surface area contributed by atoms with Gasteiger partial charge in [0.15, 0.2) is 0 Å². The number of ether oxygens (including phenoxy) is 1. The molecule has 1 atom stereocenters. The Morgan fingerprint density at radius 3 is 2.57 bits per heavy atom. The summed E-state index contributed by atoms with van der Waals surface area (Å²) in [5.41, 5.74) is 0.364. The summed E-state index contributed by atoms with van der Waals surface area (Å²) in [5.74, 6) is -1.97. The molecule has 1 heterocycles. The molecule has 0 saturated carbocycles. The third kappa shape index (κ3) is 4.21. The van der Waals surface area contributed by atoms with E-state index in [0.717, 1.165) is 0 Å². The maximum atomic E-state index is 14.7. The van der Waals surface area contributed by atoms with E-state index in [-0.39, 0.29) is 23.4 Å². The molecule has 0 aromatic heterocycles. The van der Waals surface area contributed by atoms with Crippen molar-refractivity contribution in [1.29, 1.82) is 0 Å². The molecule has 7 heteroatoms. The maximum Gasteiger partial charge on any atom is 0.295 e. The van der Waals surface area contributed by atoms with Crippen molar-refractivity contribution in [2.24, 2.45) is 0 Å². The predicted molar refractivity (Wildman–Crippen MR) is 112 cm³/mol. The largest absolute Gasteiger partial charge is 0.507 e. The van der Waals surface area contributed by atoms with Crippen molar-refractivity contribution >= 4 is 17.4 Å². The van der Waals surface area contributed by atoms with Gasteiger partial charge in [-0.3, -0.25) is 9.59 Å². The van der Waals surface area contributed by atoms with Crippen molar-refractivity contribution < 1.29 is 23.8 Å². The monoisotopic (exact) mass is 412 g/mol. The summed E-state index contributed by atoms with van der Waals surface area (Å²) in [4.78, 5) is 28.9. The van der Waals surface area contributed by atoms with Crippen LogP contribution in [0.15, 0.2) is 54.1 Å². The Bertz CT molecular complexity index is 987. The number of carbonyl (C=O) groups excluding carboxylic acids is 2. The molecular formula is C23H25FN2O4. The Morgan fingerprint density at radius 1 is 1.17 bits per heavy atom. The van der Waals surface area contributed by atoms with Crippen LogP contribution in [0.4, 0.5) is 4.39 Å². The van der Waals surface area contributed by atoms with Gasteiger partial charge in [-0.1, -0.05) is 30.3 Å². The summed E-state index contributed by atoms with van der Waals surface area (Å²) in [7, 11) is 3.68. The van der Waals surface area contributed by atoms with Gasteiger partial charge < -0.3 is 19.6 Å². The number of Topliss-reactive ketones (excluding diaryl/α,β-unsaturated/α-hetero) is 1. The van der Waals surface area contributed by atoms with E-state index < -0.39 is 23.5 Å². The summed E-state index contributed by atoms with van der Waals surface area (Å²) in [6, 6.07) is 11.6. The van der Waals surface area contributed by atoms with Crippen LogP contribution in [0.2, 0.25) is 0 Å². The number of aliphatic hydroxyl groups is 1. The fraction of sp³-hybridized carbons (Fsp3) is 0.304. The molecule has 3 rings (SSSR count). The lowest BCUT2D eigenvalue weighted by Crippen LogP contribution is -2.35. The average Bonchev–Trinajstić information content (AvgIpc) is 2.97. The summed E-state index contributed by atoms with van der Waals surface area (Å²) < 4.78 is 20.2. The average molecular weight is 412 g/mol. The van der Waals surface area contributed by atoms with Crippen LogP contribution in [0.25, 0.3) is 5.76 Å². The number of rotatable bonds is 7. The van der Waals surface area contributed by atoms with Crippen LogP contribution in [-0.2, 0) is 9.59 Å². The molecule has 158 valence electrons. The molecule has 0 aliphatic carbocycles. The number of nitrogens with zero attached hydrogens (tertiary/aromatic N) is 2. The fourth-order valence-corrected chi connectivity index (χ4v) is 3.49. The number of hydrogen-bond donors (Lipinski definition) is 1. The first-order valence-electron chi connectivity index (χ1n) is 9.76. The molecule has 2 aromatic carbocycles. The SMILES string of the molecule is CCOc1cccc(C(O)=C2C(=O)C(=O)N(CCN(C)C)C2c2ccccc2F)c1. The van der Waals surface area contributed by atoms with Crippen molar-refractivity contribution in [3.8, 4) is 5.75 Å². The first-order chi connectivity index (χ1) is 14.3. The van der Waals surface area contributed by atoms with E-state index in [0.29, 0.717) is 24.5 Å². The number of ketones is 1. The Hall–Kier alpha value is -3.19. The number of hydrogen-bond acceptors (Lipinski definition) is 5. The highest BCUT2D eigenvalue weighted by Crippen LogP contribution is 2.40. The van der Waals surface area contributed by atoms with Gasteiger partial charge in [-0.25, -0.2) is 4.39 Å². The molecule has 30 heavy (non-hydrogen) atoms. The minimum absolute atomic E-state index is 0.127. The van der Waals surface area contributed by atoms with E-state index in [4.69, 9.17) is 4.74 Å². The van der Waals surface area contributed by atoms with Crippen LogP contribution in [0, 0.1) is 5.82 Å². The first kappa shape index (κ1) is 21.5. The van der Waals surface area contributed by atoms with Gasteiger partial charge in [-0.2, -0.15) is 0 Å². The van der Waals surface area contributed by atoms with Gasteiger partial charge in [-0.05, 0) is 39.2 Å². The lowest BCUT2D eigenvalue weighted by atomic mass is 9.95. The summed E-state index contributed by atoms with van der Waals surface area (Å²) >= 11 is 0. The molecule has 1 N–H and O–H groups in total. The molecule has 6 nitrogen and oxygen atoms in total. The van der Waals surface area contributed by atoms with Gasteiger partial charge in [-0.15, -0.1) is 0 Å². The van der Waals surface area contributed by atoms with Gasteiger partial charge in [0.1, 0.15) is 17.3 Å². The van der Waals surface area contributed by atoms with E-state index in [1.807, 2.05) is 25.9 Å². The maximum absolute atomic E-state index is 14.7. The molecule has 1 fully saturated rings. The van der Waals surface area contributed by atoms with Crippen LogP contribution >= 0.6 is 0 Å². The number of aliphatic hydroxyl groups excluding tert-OH is 1. The van der Waals surface area contributed by atoms with Crippen molar-refractivity contribution in [3.05, 3.63) is 71.0 Å². The zero-order valence-electron chi connectivity index (χ0n) is 17.3. The molecule has 0 radical (unpaired) electrons. The summed E-state index contributed by atoms with van der Waals surface area (Å²) in [6.45, 7) is 2.97. The number of likely N-dealkylation sites (tertiary alicyclic amines) is 1. The second-order valence-electron chi connectivity index (χ2n) is 7.28. The van der Waals surface area contributed by atoms with Crippen LogP contribution in [-0.4, -0.2) is 60.4 Å². The highest BCUT2D eigenvalue weighted by molar-refractivity contribution is 6.46. The van der Waals surface area contributed by atoms with Crippen molar-refractivity contribution in [3.63, 3.8) is 0 Å². The third-order valence-corrected chi connectivity index (χ3v) is 4.95. The number of likely N-dealkylation sites (N-methyl/N-ethyl adjacent to an activating group) is 1. The topological polar surface area (TPSA) is 70.1 Å². The standard InChI is InChI=1S/C23H25FN2O4/c1-4-30-16-9-7-8-15(14-16)21(27)19-20(17-10-5-6-11-18(17)24)26(13-12-25(2)3)23(29)22(19)28/h5-11,14,20,27H,4,12-13H2,1-3H3. The number of halogens is 1. The molecule has 1 aliphatic heterocycles. The Labute approximate surface area is 175 Å². The van der Waals surface area contributed by atoms with Crippen LogP contribution < -0.4 is 4.74 Å². The molecule has 1 unspecified atom stereocenters. The summed E-state index contributed by atoms with van der Waals surface area (Å²) in [6.07, 6.45) is 0. The minimum atomic E-state index is -1.01. The second kappa shape index (κ2) is 9.09. The zero-order chi connectivity index (χ0) is 21.8.